The van der Waals surface area contributed by atoms with Crippen molar-refractivity contribution in [2.45, 2.75) is 26.3 Å². The Balaban J connectivity index is 1.93. The molecular weight excluding hydrogens is 356 g/mol. The van der Waals surface area contributed by atoms with Crippen LogP contribution in [0.2, 0.25) is 0 Å². The number of amides is 1. The average molecular weight is 382 g/mol. The van der Waals surface area contributed by atoms with Crippen LogP contribution in [0.25, 0.3) is 0 Å². The lowest BCUT2D eigenvalue weighted by atomic mass is 9.97. The first-order valence-corrected chi connectivity index (χ1v) is 9.63. The van der Waals surface area contributed by atoms with E-state index in [9.17, 15) is 9.59 Å². The first-order chi connectivity index (χ1) is 13.5. The largest absolute Gasteiger partial charge is 0.490 e. The maximum Gasteiger partial charge on any atom is 0.254 e. The molecule has 0 bridgehead atoms. The number of nitrogens with two attached hydrogens (primary N) is 1. The molecule has 0 spiro atoms. The van der Waals surface area contributed by atoms with Crippen LogP contribution in [0.1, 0.15) is 46.5 Å². The number of ketones is 1. The van der Waals surface area contributed by atoms with Crippen LogP contribution in [-0.4, -0.2) is 48.9 Å². The zero-order chi connectivity index (χ0) is 20.1. The molecule has 28 heavy (non-hydrogen) atoms. The number of ether oxygens (including phenoxy) is 2. The fourth-order valence-corrected chi connectivity index (χ4v) is 3.36. The lowest BCUT2D eigenvalue weighted by Gasteiger charge is -2.18. The van der Waals surface area contributed by atoms with E-state index in [1.165, 1.54) is 0 Å². The average Bonchev–Trinajstić information content (AvgIpc) is 3.15. The van der Waals surface area contributed by atoms with Crippen molar-refractivity contribution in [3.63, 3.8) is 0 Å². The van der Waals surface area contributed by atoms with Gasteiger partial charge in [0.1, 0.15) is 0 Å². The number of hydrogen-bond donors (Lipinski definition) is 1. The van der Waals surface area contributed by atoms with Crippen LogP contribution in [0.3, 0.4) is 0 Å². The van der Waals surface area contributed by atoms with E-state index < -0.39 is 0 Å². The number of carbonyl (C=O) groups excluding carboxylic acids is 2. The van der Waals surface area contributed by atoms with Gasteiger partial charge in [0.15, 0.2) is 17.3 Å². The minimum atomic E-state index is -0.226. The van der Waals surface area contributed by atoms with Gasteiger partial charge in [-0.05, 0) is 44.5 Å². The van der Waals surface area contributed by atoms with E-state index in [0.717, 1.165) is 6.42 Å². The van der Waals surface area contributed by atoms with E-state index in [0.29, 0.717) is 54.5 Å². The van der Waals surface area contributed by atoms with E-state index >= 15 is 0 Å². The van der Waals surface area contributed by atoms with Gasteiger partial charge in [0.2, 0.25) is 0 Å². The highest BCUT2D eigenvalue weighted by Gasteiger charge is 2.27. The molecule has 1 unspecified atom stereocenters. The lowest BCUT2D eigenvalue weighted by Crippen LogP contribution is -2.32. The SMILES string of the molecule is CCOc1ccc(C(=O)c2ccccc2C(=O)N2CCC(N)C2)cc1OCC. The number of hydrogen-bond acceptors (Lipinski definition) is 5. The van der Waals surface area contributed by atoms with E-state index in [1.807, 2.05) is 13.8 Å². The molecule has 0 saturated carbocycles. The number of likely N-dealkylation sites (tertiary alicyclic amines) is 1. The van der Waals surface area contributed by atoms with Gasteiger partial charge in [-0.1, -0.05) is 18.2 Å². The quantitative estimate of drug-likeness (QED) is 0.745. The molecule has 148 valence electrons. The molecule has 1 heterocycles. The van der Waals surface area contributed by atoms with Crippen molar-refractivity contribution in [3.8, 4) is 11.5 Å². The van der Waals surface area contributed by atoms with E-state index in [1.54, 1.807) is 47.4 Å². The summed E-state index contributed by atoms with van der Waals surface area (Å²) >= 11 is 0. The first kappa shape index (κ1) is 19.9. The van der Waals surface area contributed by atoms with Crippen molar-refractivity contribution in [2.24, 2.45) is 5.73 Å². The third kappa shape index (κ3) is 4.17. The summed E-state index contributed by atoms with van der Waals surface area (Å²) in [5.41, 5.74) is 7.15. The van der Waals surface area contributed by atoms with Gasteiger partial charge in [-0.25, -0.2) is 0 Å². The van der Waals surface area contributed by atoms with Crippen molar-refractivity contribution in [3.05, 3.63) is 59.2 Å². The van der Waals surface area contributed by atoms with Crippen LogP contribution >= 0.6 is 0 Å². The maximum absolute atomic E-state index is 13.2. The molecule has 0 aliphatic carbocycles. The first-order valence-electron chi connectivity index (χ1n) is 9.63. The number of benzene rings is 2. The molecule has 1 aliphatic rings. The smallest absolute Gasteiger partial charge is 0.254 e. The van der Waals surface area contributed by atoms with Crippen molar-refractivity contribution in [1.82, 2.24) is 4.90 Å². The Hall–Kier alpha value is -2.86. The Bertz CT molecular complexity index is 865. The van der Waals surface area contributed by atoms with Gasteiger partial charge in [-0.2, -0.15) is 0 Å². The second kappa shape index (κ2) is 8.89. The van der Waals surface area contributed by atoms with Crippen molar-refractivity contribution < 1.29 is 19.1 Å². The molecule has 6 heteroatoms. The van der Waals surface area contributed by atoms with Gasteiger partial charge < -0.3 is 20.1 Å². The third-order valence-electron chi connectivity index (χ3n) is 4.72. The van der Waals surface area contributed by atoms with Crippen LogP contribution < -0.4 is 15.2 Å². The Labute approximate surface area is 165 Å². The summed E-state index contributed by atoms with van der Waals surface area (Å²) in [6.07, 6.45) is 0.776. The second-order valence-corrected chi connectivity index (χ2v) is 6.70. The summed E-state index contributed by atoms with van der Waals surface area (Å²) in [5, 5.41) is 0. The molecule has 2 aromatic carbocycles. The molecule has 6 nitrogen and oxygen atoms in total. The number of nitrogens with zero attached hydrogens (tertiary/aromatic N) is 1. The summed E-state index contributed by atoms with van der Waals surface area (Å²) in [7, 11) is 0. The molecule has 3 rings (SSSR count). The maximum atomic E-state index is 13.2. The minimum absolute atomic E-state index is 0.00771. The highest BCUT2D eigenvalue weighted by atomic mass is 16.5. The predicted molar refractivity (Wildman–Crippen MR) is 107 cm³/mol. The van der Waals surface area contributed by atoms with Gasteiger partial charge in [0.25, 0.3) is 5.91 Å². The molecule has 1 fully saturated rings. The zero-order valence-electron chi connectivity index (χ0n) is 16.3. The Morgan fingerprint density at radius 2 is 1.71 bits per heavy atom. The molecule has 1 aliphatic heterocycles. The normalized spacial score (nSPS) is 16.1. The van der Waals surface area contributed by atoms with E-state index in [4.69, 9.17) is 15.2 Å². The lowest BCUT2D eigenvalue weighted by molar-refractivity contribution is 0.0786. The van der Waals surface area contributed by atoms with Gasteiger partial charge in [-0.15, -0.1) is 0 Å². The number of carbonyl (C=O) groups is 2. The topological polar surface area (TPSA) is 81.9 Å². The Morgan fingerprint density at radius 3 is 2.36 bits per heavy atom. The summed E-state index contributed by atoms with van der Waals surface area (Å²) < 4.78 is 11.2. The molecule has 0 radical (unpaired) electrons. The van der Waals surface area contributed by atoms with Gasteiger partial charge in [-0.3, -0.25) is 9.59 Å². The van der Waals surface area contributed by atoms with Gasteiger partial charge >= 0.3 is 0 Å². The van der Waals surface area contributed by atoms with Crippen molar-refractivity contribution in [2.75, 3.05) is 26.3 Å². The zero-order valence-corrected chi connectivity index (χ0v) is 16.3. The molecule has 0 aromatic heterocycles. The summed E-state index contributed by atoms with van der Waals surface area (Å²) in [6, 6.07) is 12.0. The van der Waals surface area contributed by atoms with Crippen LogP contribution in [0.5, 0.6) is 11.5 Å². The monoisotopic (exact) mass is 382 g/mol. The fourth-order valence-electron chi connectivity index (χ4n) is 3.36. The Morgan fingerprint density at radius 1 is 1.04 bits per heavy atom. The standard InChI is InChI=1S/C22H26N2O4/c1-3-27-19-10-9-15(13-20(19)28-4-2)21(25)17-7-5-6-8-18(17)22(26)24-12-11-16(23)14-24/h5-10,13,16H,3-4,11-12,14,23H2,1-2H3. The molecule has 2 N–H and O–H groups in total. The van der Waals surface area contributed by atoms with Crippen LogP contribution in [0.4, 0.5) is 0 Å². The third-order valence-corrected chi connectivity index (χ3v) is 4.72. The second-order valence-electron chi connectivity index (χ2n) is 6.70. The summed E-state index contributed by atoms with van der Waals surface area (Å²) in [6.45, 7) is 5.85. The highest BCUT2D eigenvalue weighted by Crippen LogP contribution is 2.30. The Kier molecular flexibility index (Phi) is 6.31. The van der Waals surface area contributed by atoms with Crippen LogP contribution in [0.15, 0.2) is 42.5 Å². The predicted octanol–water partition coefficient (Wildman–Crippen LogP) is 2.89. The van der Waals surface area contributed by atoms with Gasteiger partial charge in [0, 0.05) is 30.3 Å². The van der Waals surface area contributed by atoms with Gasteiger partial charge in [0.05, 0.1) is 18.8 Å². The minimum Gasteiger partial charge on any atom is -0.490 e. The number of rotatable bonds is 7. The molecule has 1 saturated heterocycles. The van der Waals surface area contributed by atoms with E-state index in [-0.39, 0.29) is 17.7 Å². The van der Waals surface area contributed by atoms with E-state index in [2.05, 4.69) is 0 Å². The van der Waals surface area contributed by atoms with Crippen molar-refractivity contribution in [1.29, 1.82) is 0 Å². The molecule has 2 aromatic rings. The summed E-state index contributed by atoms with van der Waals surface area (Å²) in [4.78, 5) is 27.8. The fraction of sp³-hybridized carbons (Fsp3) is 0.364. The molecule has 1 atom stereocenters. The molecule has 1 amide bonds. The van der Waals surface area contributed by atoms with Crippen LogP contribution in [-0.2, 0) is 0 Å². The summed E-state index contributed by atoms with van der Waals surface area (Å²) in [5.74, 6) is 0.727. The van der Waals surface area contributed by atoms with Crippen molar-refractivity contribution >= 4 is 11.7 Å². The molecular formula is C22H26N2O4. The highest BCUT2D eigenvalue weighted by molar-refractivity contribution is 6.15. The van der Waals surface area contributed by atoms with Crippen LogP contribution in [0, 0.1) is 0 Å².